The highest BCUT2D eigenvalue weighted by Gasteiger charge is 2.28. The number of hydrogen-bond acceptors (Lipinski definition) is 5. The average molecular weight is 482 g/mol. The van der Waals surface area contributed by atoms with Crippen LogP contribution in [0.3, 0.4) is 0 Å². The summed E-state index contributed by atoms with van der Waals surface area (Å²) in [4.78, 5) is 24.3. The Kier molecular flexibility index (Phi) is 8.10. The van der Waals surface area contributed by atoms with Crippen molar-refractivity contribution in [1.29, 1.82) is 0 Å². The van der Waals surface area contributed by atoms with Crippen LogP contribution in [0.5, 0.6) is 5.88 Å². The predicted octanol–water partition coefficient (Wildman–Crippen LogP) is 3.94. The highest BCUT2D eigenvalue weighted by molar-refractivity contribution is 5.85. The van der Waals surface area contributed by atoms with Crippen LogP contribution in [0.25, 0.3) is 0 Å². The number of hydrogen-bond donors (Lipinski definition) is 2. The summed E-state index contributed by atoms with van der Waals surface area (Å²) in [6.45, 7) is 0.257. The van der Waals surface area contributed by atoms with E-state index >= 15 is 0 Å². The minimum Gasteiger partial charge on any atom is -0.476 e. The zero-order valence-corrected chi connectivity index (χ0v) is 19.2. The lowest BCUT2D eigenvalue weighted by molar-refractivity contribution is -0.124. The lowest BCUT2D eigenvalue weighted by atomic mass is 9.92. The molecule has 35 heavy (non-hydrogen) atoms. The maximum atomic E-state index is 13.4. The monoisotopic (exact) mass is 481 g/mol. The molecule has 1 fully saturated rings. The molecule has 0 aliphatic heterocycles. The third-order valence-electron chi connectivity index (χ3n) is 5.89. The number of nitrogens with one attached hydrogen (secondary N) is 1. The third-order valence-corrected chi connectivity index (χ3v) is 5.89. The number of carbonyl (C=O) groups excluding carboxylic acids is 1. The number of rotatable bonds is 10. The van der Waals surface area contributed by atoms with Gasteiger partial charge in [0.15, 0.2) is 5.69 Å². The molecule has 0 spiro atoms. The molecular formula is C26H28FN3O5. The van der Waals surface area contributed by atoms with E-state index in [1.807, 2.05) is 30.3 Å². The summed E-state index contributed by atoms with van der Waals surface area (Å²) in [5.41, 5.74) is 1.40. The number of aromatic carboxylic acids is 1. The highest BCUT2D eigenvalue weighted by atomic mass is 19.1. The maximum absolute atomic E-state index is 13.4. The SMILES string of the molecule is O=C(Cn1nc(C(=O)O)cc1OCc1cccc(F)c1)N[C@H]1CCCC[C@@H]1OCc1ccccc1. The molecule has 9 heteroatoms. The van der Waals surface area contributed by atoms with Gasteiger partial charge in [0, 0.05) is 6.07 Å². The van der Waals surface area contributed by atoms with Crippen LogP contribution >= 0.6 is 0 Å². The Hall–Kier alpha value is -3.72. The van der Waals surface area contributed by atoms with Crippen LogP contribution in [0.1, 0.15) is 47.3 Å². The molecule has 3 aromatic rings. The quantitative estimate of drug-likeness (QED) is 0.455. The van der Waals surface area contributed by atoms with E-state index in [0.29, 0.717) is 12.2 Å². The van der Waals surface area contributed by atoms with E-state index in [-0.39, 0.29) is 42.8 Å². The largest absolute Gasteiger partial charge is 0.476 e. The number of carbonyl (C=O) groups is 2. The van der Waals surface area contributed by atoms with E-state index in [0.717, 1.165) is 31.2 Å². The van der Waals surface area contributed by atoms with Crippen LogP contribution in [-0.4, -0.2) is 38.9 Å². The lowest BCUT2D eigenvalue weighted by Crippen LogP contribution is -2.47. The van der Waals surface area contributed by atoms with Crippen molar-refractivity contribution >= 4 is 11.9 Å². The fraction of sp³-hybridized carbons (Fsp3) is 0.346. The summed E-state index contributed by atoms with van der Waals surface area (Å²) in [6.07, 6.45) is 3.57. The molecule has 4 rings (SSSR count). The molecule has 184 valence electrons. The van der Waals surface area contributed by atoms with E-state index in [1.165, 1.54) is 22.9 Å². The second-order valence-corrected chi connectivity index (χ2v) is 8.54. The van der Waals surface area contributed by atoms with E-state index in [1.54, 1.807) is 12.1 Å². The first-order chi connectivity index (χ1) is 17.0. The molecule has 2 aromatic carbocycles. The Bertz CT molecular complexity index is 1150. The maximum Gasteiger partial charge on any atom is 0.356 e. The van der Waals surface area contributed by atoms with Crippen molar-refractivity contribution in [2.75, 3.05) is 0 Å². The zero-order chi connectivity index (χ0) is 24.6. The summed E-state index contributed by atoms with van der Waals surface area (Å²) in [6, 6.07) is 16.9. The summed E-state index contributed by atoms with van der Waals surface area (Å²) in [5.74, 6) is -1.84. The molecule has 2 N–H and O–H groups in total. The smallest absolute Gasteiger partial charge is 0.356 e. The molecule has 0 bridgehead atoms. The molecular weight excluding hydrogens is 453 g/mol. The average Bonchev–Trinajstić information content (AvgIpc) is 3.25. The topological polar surface area (TPSA) is 103 Å². The third kappa shape index (κ3) is 6.89. The standard InChI is InChI=1S/C26H28FN3O5/c27-20-10-6-9-19(13-20)17-35-25-14-22(26(32)33)29-30(25)15-24(31)28-21-11-4-5-12-23(21)34-16-18-7-2-1-3-8-18/h1-3,6-10,13-14,21,23H,4-5,11-12,15-17H2,(H,28,31)(H,32,33)/t21-,23-/m0/s1. The number of amides is 1. The van der Waals surface area contributed by atoms with E-state index in [9.17, 15) is 19.1 Å². The van der Waals surface area contributed by atoms with Gasteiger partial charge in [-0.2, -0.15) is 5.10 Å². The molecule has 1 heterocycles. The lowest BCUT2D eigenvalue weighted by Gasteiger charge is -2.32. The summed E-state index contributed by atoms with van der Waals surface area (Å²) < 4.78 is 26.4. The number of carboxylic acid groups (broad SMARTS) is 1. The predicted molar refractivity (Wildman–Crippen MR) is 125 cm³/mol. The first-order valence-corrected chi connectivity index (χ1v) is 11.6. The van der Waals surface area contributed by atoms with Gasteiger partial charge in [0.2, 0.25) is 11.8 Å². The Balaban J connectivity index is 1.38. The van der Waals surface area contributed by atoms with Crippen LogP contribution in [0, 0.1) is 5.82 Å². The van der Waals surface area contributed by atoms with Gasteiger partial charge in [-0.25, -0.2) is 13.9 Å². The summed E-state index contributed by atoms with van der Waals surface area (Å²) in [5, 5.41) is 16.3. The van der Waals surface area contributed by atoms with Gasteiger partial charge in [-0.1, -0.05) is 55.3 Å². The first kappa shape index (κ1) is 24.4. The Morgan fingerprint density at radius 3 is 2.57 bits per heavy atom. The molecule has 8 nitrogen and oxygen atoms in total. The molecule has 0 saturated heterocycles. The molecule has 2 atom stereocenters. The summed E-state index contributed by atoms with van der Waals surface area (Å²) >= 11 is 0. The molecule has 1 aliphatic carbocycles. The van der Waals surface area contributed by atoms with Crippen molar-refractivity contribution in [3.05, 3.63) is 83.3 Å². The normalized spacial score (nSPS) is 17.6. The molecule has 1 aromatic heterocycles. The second kappa shape index (κ2) is 11.6. The molecule has 1 aliphatic rings. The first-order valence-electron chi connectivity index (χ1n) is 11.6. The van der Waals surface area contributed by atoms with Crippen LogP contribution in [0.2, 0.25) is 0 Å². The van der Waals surface area contributed by atoms with Gasteiger partial charge in [-0.3, -0.25) is 4.79 Å². The van der Waals surface area contributed by atoms with Crippen molar-refractivity contribution in [2.45, 2.75) is 57.6 Å². The molecule has 0 radical (unpaired) electrons. The van der Waals surface area contributed by atoms with Gasteiger partial charge in [0.25, 0.3) is 0 Å². The summed E-state index contributed by atoms with van der Waals surface area (Å²) in [7, 11) is 0. The zero-order valence-electron chi connectivity index (χ0n) is 19.2. The Morgan fingerprint density at radius 2 is 1.80 bits per heavy atom. The number of carboxylic acids is 1. The van der Waals surface area contributed by atoms with Gasteiger partial charge >= 0.3 is 5.97 Å². The van der Waals surface area contributed by atoms with Crippen LogP contribution in [0.4, 0.5) is 4.39 Å². The molecule has 0 unspecified atom stereocenters. The van der Waals surface area contributed by atoms with Crippen LogP contribution in [0.15, 0.2) is 60.7 Å². The van der Waals surface area contributed by atoms with Crippen LogP contribution < -0.4 is 10.1 Å². The molecule has 1 saturated carbocycles. The number of benzene rings is 2. The number of aromatic nitrogens is 2. The van der Waals surface area contributed by atoms with Gasteiger partial charge < -0.3 is 19.9 Å². The minimum atomic E-state index is -1.23. The van der Waals surface area contributed by atoms with Crippen molar-refractivity contribution in [3.8, 4) is 5.88 Å². The van der Waals surface area contributed by atoms with Gasteiger partial charge in [0.05, 0.1) is 18.8 Å². The number of halogens is 1. The minimum absolute atomic E-state index is 0.00214. The van der Waals surface area contributed by atoms with Gasteiger partial charge in [0.1, 0.15) is 19.0 Å². The van der Waals surface area contributed by atoms with Crippen molar-refractivity contribution in [2.24, 2.45) is 0 Å². The fourth-order valence-corrected chi connectivity index (χ4v) is 4.15. The Labute approximate surface area is 202 Å². The van der Waals surface area contributed by atoms with Crippen molar-refractivity contribution in [3.63, 3.8) is 0 Å². The van der Waals surface area contributed by atoms with Gasteiger partial charge in [-0.05, 0) is 36.1 Å². The number of ether oxygens (including phenoxy) is 2. The Morgan fingerprint density at radius 1 is 1.03 bits per heavy atom. The van der Waals surface area contributed by atoms with Crippen LogP contribution in [-0.2, 0) is 29.3 Å². The van der Waals surface area contributed by atoms with Crippen molar-refractivity contribution < 1.29 is 28.6 Å². The van der Waals surface area contributed by atoms with Crippen molar-refractivity contribution in [1.82, 2.24) is 15.1 Å². The second-order valence-electron chi connectivity index (χ2n) is 8.54. The van der Waals surface area contributed by atoms with E-state index in [4.69, 9.17) is 9.47 Å². The van der Waals surface area contributed by atoms with Gasteiger partial charge in [-0.15, -0.1) is 0 Å². The van der Waals surface area contributed by atoms with E-state index in [2.05, 4.69) is 10.4 Å². The number of nitrogens with zero attached hydrogens (tertiary/aromatic N) is 2. The fourth-order valence-electron chi connectivity index (χ4n) is 4.15. The highest BCUT2D eigenvalue weighted by Crippen LogP contribution is 2.23. The molecule has 1 amide bonds. The van der Waals surface area contributed by atoms with E-state index < -0.39 is 11.8 Å².